The first-order chi connectivity index (χ1) is 17.0. The fraction of sp³-hybridized carbons (Fsp3) is 0.185. The number of aryl methyl sites for hydroxylation is 1. The molecule has 0 aliphatic carbocycles. The second-order valence-corrected chi connectivity index (χ2v) is 8.89. The summed E-state index contributed by atoms with van der Waals surface area (Å²) in [6, 6.07) is 23.7. The number of hydrazine groups is 1. The van der Waals surface area contributed by atoms with Gasteiger partial charge in [0.15, 0.2) is 0 Å². The molecule has 3 aromatic carbocycles. The molecule has 35 heavy (non-hydrogen) atoms. The minimum absolute atomic E-state index is 0.456. The van der Waals surface area contributed by atoms with Crippen LogP contribution in [0, 0.1) is 6.92 Å². The Morgan fingerprint density at radius 1 is 0.943 bits per heavy atom. The van der Waals surface area contributed by atoms with Crippen LogP contribution in [0.1, 0.15) is 5.56 Å². The summed E-state index contributed by atoms with van der Waals surface area (Å²) in [5.41, 5.74) is 9.58. The summed E-state index contributed by atoms with van der Waals surface area (Å²) in [6.45, 7) is 3.32. The molecule has 0 bridgehead atoms. The number of amides is 2. The average molecular weight is 508 g/mol. The van der Waals surface area contributed by atoms with E-state index in [-0.39, 0.29) is 0 Å². The van der Waals surface area contributed by atoms with E-state index in [1.807, 2.05) is 36.4 Å². The van der Waals surface area contributed by atoms with Gasteiger partial charge in [-0.2, -0.15) is 0 Å². The average Bonchev–Trinajstić information content (AvgIpc) is 2.88. The molecule has 0 unspecified atom stereocenters. The Hall–Kier alpha value is -3.32. The van der Waals surface area contributed by atoms with Crippen molar-refractivity contribution < 1.29 is 4.79 Å². The molecule has 0 aliphatic heterocycles. The molecule has 0 spiro atoms. The highest BCUT2D eigenvalue weighted by Crippen LogP contribution is 2.39. The number of halogens is 2. The Morgan fingerprint density at radius 2 is 1.66 bits per heavy atom. The highest BCUT2D eigenvalue weighted by molar-refractivity contribution is 6.18. The molecule has 2 amide bonds. The fourth-order valence-corrected chi connectivity index (χ4v) is 4.51. The van der Waals surface area contributed by atoms with Gasteiger partial charge in [0.2, 0.25) is 0 Å². The number of anilines is 2. The summed E-state index contributed by atoms with van der Waals surface area (Å²) in [6.07, 6.45) is 0. The molecule has 4 aromatic rings. The van der Waals surface area contributed by atoms with Crippen molar-refractivity contribution in [1.29, 1.82) is 0 Å². The van der Waals surface area contributed by atoms with Gasteiger partial charge in [0.05, 0.1) is 11.2 Å². The zero-order valence-corrected chi connectivity index (χ0v) is 20.9. The zero-order valence-electron chi connectivity index (χ0n) is 19.4. The van der Waals surface area contributed by atoms with Gasteiger partial charge in [-0.25, -0.2) is 15.6 Å². The fourth-order valence-electron chi connectivity index (χ4n) is 4.10. The maximum atomic E-state index is 11.9. The lowest BCUT2D eigenvalue weighted by Crippen LogP contribution is -2.34. The molecule has 0 saturated carbocycles. The van der Waals surface area contributed by atoms with Crippen molar-refractivity contribution in [1.82, 2.24) is 10.4 Å². The number of nitrogens with two attached hydrogens (primary N) is 1. The quantitative estimate of drug-likeness (QED) is 0.115. The first-order valence-corrected chi connectivity index (χ1v) is 12.4. The Labute approximate surface area is 215 Å². The number of hydrogen-bond donors (Lipinski definition) is 3. The van der Waals surface area contributed by atoms with Crippen molar-refractivity contribution in [3.05, 3.63) is 78.4 Å². The second-order valence-electron chi connectivity index (χ2n) is 8.13. The number of urea groups is 1. The molecule has 180 valence electrons. The van der Waals surface area contributed by atoms with Crippen molar-refractivity contribution in [2.75, 3.05) is 35.1 Å². The van der Waals surface area contributed by atoms with E-state index in [0.717, 1.165) is 39.0 Å². The number of fused-ring (bicyclic) bond motifs is 1. The number of nitrogens with zero attached hydrogens (tertiary/aromatic N) is 2. The van der Waals surface area contributed by atoms with Gasteiger partial charge in [0, 0.05) is 52.7 Å². The van der Waals surface area contributed by atoms with Gasteiger partial charge in [-0.15, -0.1) is 23.2 Å². The Morgan fingerprint density at radius 3 is 2.34 bits per heavy atom. The monoisotopic (exact) mass is 507 g/mol. The second kappa shape index (κ2) is 11.4. The molecule has 4 rings (SSSR count). The first-order valence-electron chi connectivity index (χ1n) is 11.3. The largest absolute Gasteiger partial charge is 0.369 e. The van der Waals surface area contributed by atoms with Crippen molar-refractivity contribution in [2.24, 2.45) is 5.84 Å². The van der Waals surface area contributed by atoms with Gasteiger partial charge in [0.25, 0.3) is 0 Å². The van der Waals surface area contributed by atoms with E-state index in [2.05, 4.69) is 59.0 Å². The van der Waals surface area contributed by atoms with Crippen LogP contribution >= 0.6 is 23.2 Å². The standard InChI is InChI=1S/C27H27Cl2N5O/c1-18-6-8-19(9-7-18)25-17-22(21-4-2-3-5-24(21)32-25)23-16-20(31-27(35)33-30)10-11-26(23)34(14-12-28)15-13-29/h2-11,16-17H,12-15,30H2,1H3,(H2,31,33,35). The predicted octanol–water partition coefficient (Wildman–Crippen LogP) is 6.16. The third-order valence-electron chi connectivity index (χ3n) is 5.79. The molecule has 8 heteroatoms. The van der Waals surface area contributed by atoms with Crippen LogP contribution in [0.5, 0.6) is 0 Å². The van der Waals surface area contributed by atoms with E-state index in [1.165, 1.54) is 5.56 Å². The van der Waals surface area contributed by atoms with E-state index in [0.29, 0.717) is 30.5 Å². The Bertz CT molecular complexity index is 1320. The van der Waals surface area contributed by atoms with Gasteiger partial charge in [0.1, 0.15) is 0 Å². The number of hydrogen-bond acceptors (Lipinski definition) is 4. The maximum Gasteiger partial charge on any atom is 0.333 e. The zero-order chi connectivity index (χ0) is 24.8. The Balaban J connectivity index is 1.97. The van der Waals surface area contributed by atoms with Crippen LogP contribution in [-0.4, -0.2) is 35.9 Å². The van der Waals surface area contributed by atoms with Crippen molar-refractivity contribution >= 4 is 51.5 Å². The summed E-state index contributed by atoms with van der Waals surface area (Å²) in [4.78, 5) is 19.0. The summed E-state index contributed by atoms with van der Waals surface area (Å²) < 4.78 is 0. The molecular weight excluding hydrogens is 481 g/mol. The molecule has 1 heterocycles. The topological polar surface area (TPSA) is 83.3 Å². The molecule has 4 N–H and O–H groups in total. The van der Waals surface area contributed by atoms with Crippen LogP contribution in [0.15, 0.2) is 72.8 Å². The molecule has 0 saturated heterocycles. The van der Waals surface area contributed by atoms with Gasteiger partial charge in [-0.05, 0) is 42.8 Å². The number of alkyl halides is 2. The summed E-state index contributed by atoms with van der Waals surface area (Å²) in [5.74, 6) is 6.20. The van der Waals surface area contributed by atoms with Crippen LogP contribution in [0.2, 0.25) is 0 Å². The number of aromatic nitrogens is 1. The van der Waals surface area contributed by atoms with Gasteiger partial charge < -0.3 is 10.2 Å². The number of carbonyl (C=O) groups is 1. The summed E-state index contributed by atoms with van der Waals surface area (Å²) in [5, 5.41) is 3.77. The molecule has 0 atom stereocenters. The van der Waals surface area contributed by atoms with Crippen LogP contribution in [0.4, 0.5) is 16.2 Å². The van der Waals surface area contributed by atoms with Crippen LogP contribution in [-0.2, 0) is 0 Å². The van der Waals surface area contributed by atoms with Crippen LogP contribution in [0.25, 0.3) is 33.3 Å². The molecule has 0 fully saturated rings. The summed E-state index contributed by atoms with van der Waals surface area (Å²) >= 11 is 12.3. The smallest absolute Gasteiger partial charge is 0.333 e. The molecule has 0 aliphatic rings. The number of carbonyl (C=O) groups excluding carboxylic acids is 1. The SMILES string of the molecule is Cc1ccc(-c2cc(-c3cc(NC(=O)NN)ccc3N(CCCl)CCCl)c3ccccc3n2)cc1. The highest BCUT2D eigenvalue weighted by Gasteiger charge is 2.18. The number of nitrogens with one attached hydrogen (secondary N) is 2. The lowest BCUT2D eigenvalue weighted by Gasteiger charge is -2.27. The number of rotatable bonds is 8. The van der Waals surface area contributed by atoms with Crippen LogP contribution < -0.4 is 21.5 Å². The highest BCUT2D eigenvalue weighted by atomic mass is 35.5. The minimum atomic E-state index is -0.498. The van der Waals surface area contributed by atoms with E-state index < -0.39 is 6.03 Å². The third kappa shape index (κ3) is 5.68. The maximum absolute atomic E-state index is 11.9. The van der Waals surface area contributed by atoms with E-state index in [4.69, 9.17) is 34.0 Å². The van der Waals surface area contributed by atoms with Gasteiger partial charge >= 0.3 is 6.03 Å². The normalized spacial score (nSPS) is 10.9. The Kier molecular flexibility index (Phi) is 8.08. The number of benzene rings is 3. The molecule has 0 radical (unpaired) electrons. The van der Waals surface area contributed by atoms with Gasteiger partial charge in [-0.1, -0.05) is 48.0 Å². The summed E-state index contributed by atoms with van der Waals surface area (Å²) in [7, 11) is 0. The van der Waals surface area contributed by atoms with Crippen LogP contribution in [0.3, 0.4) is 0 Å². The molecular formula is C27H27Cl2N5O. The first kappa shape index (κ1) is 24.8. The number of pyridine rings is 1. The van der Waals surface area contributed by atoms with Crippen molar-refractivity contribution in [3.63, 3.8) is 0 Å². The van der Waals surface area contributed by atoms with Crippen molar-refractivity contribution in [3.8, 4) is 22.4 Å². The minimum Gasteiger partial charge on any atom is -0.369 e. The predicted molar refractivity (Wildman–Crippen MR) is 147 cm³/mol. The molecule has 6 nitrogen and oxygen atoms in total. The number of para-hydroxylation sites is 1. The lowest BCUT2D eigenvalue weighted by atomic mass is 9.95. The lowest BCUT2D eigenvalue weighted by molar-refractivity contribution is 0.252. The molecule has 1 aromatic heterocycles. The van der Waals surface area contributed by atoms with Crippen molar-refractivity contribution in [2.45, 2.75) is 6.92 Å². The third-order valence-corrected chi connectivity index (χ3v) is 6.13. The van der Waals surface area contributed by atoms with E-state index >= 15 is 0 Å². The van der Waals surface area contributed by atoms with E-state index in [9.17, 15) is 4.79 Å². The van der Waals surface area contributed by atoms with E-state index in [1.54, 1.807) is 0 Å². The van der Waals surface area contributed by atoms with Gasteiger partial charge in [-0.3, -0.25) is 5.43 Å².